The van der Waals surface area contributed by atoms with Crippen molar-refractivity contribution >= 4 is 29.7 Å². The lowest BCUT2D eigenvalue weighted by Gasteiger charge is -2.55. The zero-order valence-corrected chi connectivity index (χ0v) is 17.1. The number of methoxy groups -OCH3 is 2. The summed E-state index contributed by atoms with van der Waals surface area (Å²) >= 11 is 6.21. The highest BCUT2D eigenvalue weighted by molar-refractivity contribution is 6.24. The molecule has 1 aromatic heterocycles. The number of rotatable bonds is 4. The normalized spacial score (nSPS) is 20.8. The molecule has 0 radical (unpaired) electrons. The molecule has 30 heavy (non-hydrogen) atoms. The van der Waals surface area contributed by atoms with E-state index in [1.165, 1.54) is 14.2 Å². The first-order chi connectivity index (χ1) is 14.4. The van der Waals surface area contributed by atoms with Gasteiger partial charge in [0.05, 0.1) is 44.8 Å². The number of hydrogen-bond acceptors (Lipinski definition) is 7. The molecule has 2 fully saturated rings. The summed E-state index contributed by atoms with van der Waals surface area (Å²) in [6.45, 7) is 2.04. The molecule has 10 heteroatoms. The van der Waals surface area contributed by atoms with Crippen molar-refractivity contribution in [2.45, 2.75) is 17.5 Å². The Labute approximate surface area is 175 Å². The van der Waals surface area contributed by atoms with Gasteiger partial charge >= 0.3 is 0 Å². The van der Waals surface area contributed by atoms with Crippen molar-refractivity contribution in [1.29, 1.82) is 0 Å². The van der Waals surface area contributed by atoms with Crippen LogP contribution in [0.25, 0.3) is 23.7 Å². The molecule has 4 heterocycles. The van der Waals surface area contributed by atoms with E-state index >= 15 is 8.78 Å². The van der Waals surface area contributed by atoms with Gasteiger partial charge in [-0.1, -0.05) is 11.6 Å². The number of nitrogens with zero attached hydrogens (tertiary/aromatic N) is 3. The molecule has 1 atom stereocenters. The predicted octanol–water partition coefficient (Wildman–Crippen LogP) is 1.10. The van der Waals surface area contributed by atoms with Gasteiger partial charge in [0.1, 0.15) is 16.9 Å². The molecule has 7 nitrogen and oxygen atoms in total. The van der Waals surface area contributed by atoms with E-state index in [0.717, 1.165) is 19.1 Å². The average Bonchev–Trinajstić information content (AvgIpc) is 2.66. The Morgan fingerprint density at radius 1 is 1.20 bits per heavy atom. The van der Waals surface area contributed by atoms with E-state index in [9.17, 15) is 0 Å². The number of hydrogen-bond donors (Lipinski definition) is 1. The minimum absolute atomic E-state index is 0.106. The Hall–Kier alpha value is -2.65. The van der Waals surface area contributed by atoms with Crippen LogP contribution < -0.4 is 30.3 Å². The molecule has 158 valence electrons. The van der Waals surface area contributed by atoms with Crippen molar-refractivity contribution in [2.24, 2.45) is 0 Å². The number of nitrogens with one attached hydrogen (secondary N) is 1. The molecular weight excluding hydrogens is 418 g/mol. The molecule has 1 unspecified atom stereocenters. The second-order valence-corrected chi connectivity index (χ2v) is 7.94. The van der Waals surface area contributed by atoms with Crippen molar-refractivity contribution in [3.63, 3.8) is 0 Å². The zero-order valence-electron chi connectivity index (χ0n) is 16.3. The lowest BCUT2D eigenvalue weighted by atomic mass is 9.86. The van der Waals surface area contributed by atoms with Gasteiger partial charge in [0, 0.05) is 23.9 Å². The first kappa shape index (κ1) is 19.3. The van der Waals surface area contributed by atoms with E-state index in [-0.39, 0.29) is 22.9 Å². The summed E-state index contributed by atoms with van der Waals surface area (Å²) in [5, 5.41) is 4.15. The number of halogens is 3. The van der Waals surface area contributed by atoms with E-state index < -0.39 is 22.7 Å². The third-order valence-corrected chi connectivity index (χ3v) is 5.92. The maximum Gasteiger partial charge on any atom is 0.179 e. The minimum Gasteiger partial charge on any atom is -0.494 e. The summed E-state index contributed by atoms with van der Waals surface area (Å²) in [5.74, 6) is -1.66. The number of aromatic nitrogens is 2. The zero-order chi connectivity index (χ0) is 21.0. The van der Waals surface area contributed by atoms with Crippen LogP contribution in [0.3, 0.4) is 0 Å². The van der Waals surface area contributed by atoms with Crippen molar-refractivity contribution < 1.29 is 23.0 Å². The lowest BCUT2D eigenvalue weighted by molar-refractivity contribution is -0.161. The number of benzene rings is 1. The van der Waals surface area contributed by atoms with E-state index in [0.29, 0.717) is 29.5 Å². The molecule has 1 N–H and O–H groups in total. The molecule has 3 aliphatic heterocycles. The maximum absolute atomic E-state index is 15.1. The molecule has 1 spiro atoms. The summed E-state index contributed by atoms with van der Waals surface area (Å²) in [7, 11) is 2.59. The lowest BCUT2D eigenvalue weighted by Crippen LogP contribution is -2.69. The van der Waals surface area contributed by atoms with Gasteiger partial charge in [0.15, 0.2) is 29.0 Å². The van der Waals surface area contributed by atoms with Crippen LogP contribution in [-0.2, 0) is 4.74 Å². The number of fused-ring (bicyclic) bond motifs is 1. The average molecular weight is 437 g/mol. The highest BCUT2D eigenvalue weighted by atomic mass is 35.5. The van der Waals surface area contributed by atoms with Crippen LogP contribution in [0.4, 0.5) is 14.6 Å². The van der Waals surface area contributed by atoms with Gasteiger partial charge in [0.25, 0.3) is 0 Å². The van der Waals surface area contributed by atoms with Crippen molar-refractivity contribution in [3.05, 3.63) is 28.3 Å². The first-order valence-electron chi connectivity index (χ1n) is 9.44. The van der Waals surface area contributed by atoms with Crippen molar-refractivity contribution in [3.8, 4) is 22.9 Å². The van der Waals surface area contributed by atoms with Crippen LogP contribution in [0, 0.1) is 11.6 Å². The highest BCUT2D eigenvalue weighted by Gasteiger charge is 2.50. The van der Waals surface area contributed by atoms with Gasteiger partial charge in [-0.3, -0.25) is 0 Å². The fraction of sp³-hybridized carbons (Fsp3) is 0.400. The van der Waals surface area contributed by atoms with Crippen molar-refractivity contribution in [1.82, 2.24) is 15.3 Å². The van der Waals surface area contributed by atoms with E-state index in [1.54, 1.807) is 12.3 Å². The Kier molecular flexibility index (Phi) is 4.48. The fourth-order valence-electron chi connectivity index (χ4n) is 3.97. The van der Waals surface area contributed by atoms with Crippen LogP contribution in [0.1, 0.15) is 6.42 Å². The van der Waals surface area contributed by atoms with Gasteiger partial charge in [0.2, 0.25) is 0 Å². The van der Waals surface area contributed by atoms with Crippen LogP contribution in [0.5, 0.6) is 11.5 Å². The third-order valence-electron chi connectivity index (χ3n) is 5.67. The van der Waals surface area contributed by atoms with Crippen LogP contribution in [0.15, 0.2) is 6.07 Å². The topological polar surface area (TPSA) is 68.7 Å². The van der Waals surface area contributed by atoms with E-state index in [1.807, 2.05) is 4.90 Å². The second-order valence-electron chi connectivity index (χ2n) is 7.47. The smallest absolute Gasteiger partial charge is 0.179 e. The number of ether oxygens (including phenoxy) is 3. The standard InChI is InChI=1S/C20H19ClF2N4O3/c1-28-12-6-13(29-2)17(23)15(16(12)22)18-25-11-7-24-14(21)5-10(11)19(26-18)27-8-20(9-27)3-4-30-20/h5-7,14,24H,3-4,8-9H2,1-2H3. The maximum atomic E-state index is 15.1. The Morgan fingerprint density at radius 3 is 2.43 bits per heavy atom. The van der Waals surface area contributed by atoms with E-state index in [2.05, 4.69) is 15.3 Å². The molecule has 2 aromatic rings. The van der Waals surface area contributed by atoms with Crippen molar-refractivity contribution in [2.75, 3.05) is 38.8 Å². The number of anilines is 1. The first-order valence-corrected chi connectivity index (χ1v) is 9.88. The fourth-order valence-corrected chi connectivity index (χ4v) is 4.16. The molecule has 0 bridgehead atoms. The van der Waals surface area contributed by atoms with Gasteiger partial charge in [-0.25, -0.2) is 18.7 Å². The Bertz CT molecular complexity index is 1120. The second kappa shape index (κ2) is 6.95. The van der Waals surface area contributed by atoms with Gasteiger partial charge in [-0.15, -0.1) is 0 Å². The van der Waals surface area contributed by atoms with E-state index in [4.69, 9.17) is 25.8 Å². The molecule has 2 saturated heterocycles. The molecule has 1 aromatic carbocycles. The third kappa shape index (κ3) is 2.87. The highest BCUT2D eigenvalue weighted by Crippen LogP contribution is 2.39. The van der Waals surface area contributed by atoms with Gasteiger partial charge in [-0.2, -0.15) is 0 Å². The monoisotopic (exact) mass is 436 g/mol. The molecular formula is C20H19ClF2N4O3. The molecule has 0 amide bonds. The quantitative estimate of drug-likeness (QED) is 0.568. The largest absolute Gasteiger partial charge is 0.494 e. The SMILES string of the molecule is COc1cc(OC)c(F)c(-c2nc(N3CC4(CCO4)C3)c3c(n2)=CNC(Cl)C=3)c1F. The summed E-state index contributed by atoms with van der Waals surface area (Å²) in [4.78, 5) is 10.9. The summed E-state index contributed by atoms with van der Waals surface area (Å²) in [6, 6.07) is 1.15. The van der Waals surface area contributed by atoms with Gasteiger partial charge in [-0.05, 0) is 6.08 Å². The Morgan fingerprint density at radius 2 is 1.87 bits per heavy atom. The molecule has 0 saturated carbocycles. The summed E-state index contributed by atoms with van der Waals surface area (Å²) in [6.07, 6.45) is 4.38. The number of alkyl halides is 1. The predicted molar refractivity (Wildman–Crippen MR) is 107 cm³/mol. The van der Waals surface area contributed by atoms with Gasteiger partial charge < -0.3 is 24.4 Å². The molecule has 3 aliphatic rings. The van der Waals surface area contributed by atoms with Crippen LogP contribution >= 0.6 is 11.6 Å². The van der Waals surface area contributed by atoms with Crippen LogP contribution in [0.2, 0.25) is 0 Å². The Balaban J connectivity index is 1.70. The molecule has 0 aliphatic carbocycles. The summed E-state index contributed by atoms with van der Waals surface area (Å²) in [5.41, 5.74) is -0.997. The molecule has 5 rings (SSSR count). The minimum atomic E-state index is -0.896. The van der Waals surface area contributed by atoms with Crippen LogP contribution in [-0.4, -0.2) is 55.0 Å². The summed E-state index contributed by atoms with van der Waals surface area (Å²) < 4.78 is 45.9.